The van der Waals surface area contributed by atoms with Crippen molar-refractivity contribution < 1.29 is 14.3 Å². The van der Waals surface area contributed by atoms with E-state index in [4.69, 9.17) is 9.52 Å². The molecule has 1 N–H and O–H groups in total. The van der Waals surface area contributed by atoms with Gasteiger partial charge in [0.1, 0.15) is 5.76 Å². The second-order valence-electron chi connectivity index (χ2n) is 3.27. The maximum atomic E-state index is 10.4. The molecule has 0 fully saturated rings. The number of hydrogen-bond acceptors (Lipinski definition) is 2. The van der Waals surface area contributed by atoms with E-state index in [-0.39, 0.29) is 0 Å². The zero-order chi connectivity index (χ0) is 11.4. The Bertz CT molecular complexity index is 510. The lowest BCUT2D eigenvalue weighted by molar-refractivity contribution is -0.131. The highest BCUT2D eigenvalue weighted by Crippen LogP contribution is 2.21. The van der Waals surface area contributed by atoms with E-state index in [1.54, 1.807) is 12.3 Å². The van der Waals surface area contributed by atoms with E-state index in [0.29, 0.717) is 0 Å². The molecule has 2 rings (SSSR count). The first-order valence-corrected chi connectivity index (χ1v) is 4.80. The molecule has 1 aromatic heterocycles. The van der Waals surface area contributed by atoms with Crippen LogP contribution in [0.1, 0.15) is 5.56 Å². The standard InChI is InChI=1S/C13H10O3/c14-13(15)7-6-10-3-1-4-11(9-10)12-5-2-8-16-12/h1-9H,(H,14,15). The van der Waals surface area contributed by atoms with E-state index < -0.39 is 5.97 Å². The van der Waals surface area contributed by atoms with E-state index in [1.807, 2.05) is 36.4 Å². The Labute approximate surface area is 92.6 Å². The average molecular weight is 214 g/mol. The molecule has 16 heavy (non-hydrogen) atoms. The molecule has 0 unspecified atom stereocenters. The molecule has 3 heteroatoms. The van der Waals surface area contributed by atoms with Crippen molar-refractivity contribution in [3.63, 3.8) is 0 Å². The number of aliphatic carboxylic acids is 1. The topological polar surface area (TPSA) is 50.4 Å². The quantitative estimate of drug-likeness (QED) is 0.799. The number of carboxylic acids is 1. The molecule has 0 radical (unpaired) electrons. The Hall–Kier alpha value is -2.29. The zero-order valence-corrected chi connectivity index (χ0v) is 8.46. The smallest absolute Gasteiger partial charge is 0.328 e. The highest BCUT2D eigenvalue weighted by Gasteiger charge is 2.00. The van der Waals surface area contributed by atoms with Crippen LogP contribution in [0.15, 0.2) is 53.2 Å². The van der Waals surface area contributed by atoms with Gasteiger partial charge in [-0.3, -0.25) is 0 Å². The molecule has 0 saturated heterocycles. The van der Waals surface area contributed by atoms with Gasteiger partial charge in [-0.1, -0.05) is 18.2 Å². The summed E-state index contributed by atoms with van der Waals surface area (Å²) in [6.07, 6.45) is 4.27. The molecule has 0 aliphatic carbocycles. The van der Waals surface area contributed by atoms with Crippen molar-refractivity contribution in [2.45, 2.75) is 0 Å². The molecule has 0 aliphatic heterocycles. The third-order valence-corrected chi connectivity index (χ3v) is 2.11. The van der Waals surface area contributed by atoms with Crippen molar-refractivity contribution in [3.8, 4) is 11.3 Å². The predicted molar refractivity (Wildman–Crippen MR) is 60.8 cm³/mol. The lowest BCUT2D eigenvalue weighted by Gasteiger charge is -1.98. The average Bonchev–Trinajstić information content (AvgIpc) is 2.80. The van der Waals surface area contributed by atoms with Gasteiger partial charge in [0, 0.05) is 11.6 Å². The number of furan rings is 1. The third kappa shape index (κ3) is 2.39. The van der Waals surface area contributed by atoms with Crippen molar-refractivity contribution in [2.24, 2.45) is 0 Å². The summed E-state index contributed by atoms with van der Waals surface area (Å²) < 4.78 is 5.26. The monoisotopic (exact) mass is 214 g/mol. The van der Waals surface area contributed by atoms with E-state index in [1.165, 1.54) is 0 Å². The zero-order valence-electron chi connectivity index (χ0n) is 8.46. The van der Waals surface area contributed by atoms with Crippen LogP contribution in [0.25, 0.3) is 17.4 Å². The number of benzene rings is 1. The first-order valence-electron chi connectivity index (χ1n) is 4.80. The van der Waals surface area contributed by atoms with Crippen LogP contribution in [0.4, 0.5) is 0 Å². The van der Waals surface area contributed by atoms with Crippen LogP contribution in [-0.4, -0.2) is 11.1 Å². The predicted octanol–water partition coefficient (Wildman–Crippen LogP) is 3.04. The number of carboxylic acid groups (broad SMARTS) is 1. The van der Waals surface area contributed by atoms with E-state index in [2.05, 4.69) is 0 Å². The van der Waals surface area contributed by atoms with Gasteiger partial charge >= 0.3 is 5.97 Å². The minimum Gasteiger partial charge on any atom is -0.478 e. The Kier molecular flexibility index (Phi) is 2.87. The maximum Gasteiger partial charge on any atom is 0.328 e. The molecule has 0 amide bonds. The summed E-state index contributed by atoms with van der Waals surface area (Å²) in [5.41, 5.74) is 1.76. The van der Waals surface area contributed by atoms with Gasteiger partial charge in [-0.25, -0.2) is 4.79 Å². The van der Waals surface area contributed by atoms with Crippen LogP contribution in [-0.2, 0) is 4.79 Å². The summed E-state index contributed by atoms with van der Waals surface area (Å²) >= 11 is 0. The second kappa shape index (κ2) is 4.49. The molecule has 0 bridgehead atoms. The first-order chi connectivity index (χ1) is 7.75. The van der Waals surface area contributed by atoms with Crippen LogP contribution in [0, 0.1) is 0 Å². The van der Waals surface area contributed by atoms with Gasteiger partial charge in [-0.15, -0.1) is 0 Å². The van der Waals surface area contributed by atoms with Gasteiger partial charge in [-0.05, 0) is 29.8 Å². The minimum absolute atomic E-state index is 0.769. The summed E-state index contributed by atoms with van der Waals surface area (Å²) in [7, 11) is 0. The third-order valence-electron chi connectivity index (χ3n) is 2.11. The van der Waals surface area contributed by atoms with E-state index in [0.717, 1.165) is 23.0 Å². The van der Waals surface area contributed by atoms with Crippen LogP contribution in [0.2, 0.25) is 0 Å². The molecule has 80 valence electrons. The SMILES string of the molecule is O=C(O)C=Cc1cccc(-c2ccco2)c1. The number of carbonyl (C=O) groups is 1. The van der Waals surface area contributed by atoms with Gasteiger partial charge in [-0.2, -0.15) is 0 Å². The lowest BCUT2D eigenvalue weighted by Crippen LogP contribution is -1.85. The fourth-order valence-corrected chi connectivity index (χ4v) is 1.41. The molecule has 2 aromatic rings. The number of hydrogen-bond donors (Lipinski definition) is 1. The number of rotatable bonds is 3. The largest absolute Gasteiger partial charge is 0.478 e. The molecule has 0 spiro atoms. The van der Waals surface area contributed by atoms with Crippen LogP contribution in [0.3, 0.4) is 0 Å². The Balaban J connectivity index is 2.30. The normalized spacial score (nSPS) is 10.8. The van der Waals surface area contributed by atoms with Gasteiger partial charge < -0.3 is 9.52 Å². The van der Waals surface area contributed by atoms with Gasteiger partial charge in [0.15, 0.2) is 0 Å². The van der Waals surface area contributed by atoms with Crippen molar-refractivity contribution in [1.82, 2.24) is 0 Å². The van der Waals surface area contributed by atoms with Crippen molar-refractivity contribution in [3.05, 3.63) is 54.3 Å². The maximum absolute atomic E-state index is 10.4. The Morgan fingerprint density at radius 2 is 2.12 bits per heavy atom. The van der Waals surface area contributed by atoms with Crippen LogP contribution < -0.4 is 0 Å². The molecule has 3 nitrogen and oxygen atoms in total. The molecule has 1 heterocycles. The summed E-state index contributed by atoms with van der Waals surface area (Å²) in [4.78, 5) is 10.4. The van der Waals surface area contributed by atoms with Gasteiger partial charge in [0.25, 0.3) is 0 Å². The Morgan fingerprint density at radius 3 is 2.81 bits per heavy atom. The molecule has 0 saturated carbocycles. The Morgan fingerprint density at radius 1 is 1.25 bits per heavy atom. The van der Waals surface area contributed by atoms with Gasteiger partial charge in [0.2, 0.25) is 0 Å². The molecule has 1 aromatic carbocycles. The summed E-state index contributed by atoms with van der Waals surface area (Å²) in [5.74, 6) is -0.186. The van der Waals surface area contributed by atoms with E-state index >= 15 is 0 Å². The van der Waals surface area contributed by atoms with Crippen LogP contribution >= 0.6 is 0 Å². The minimum atomic E-state index is -0.955. The fourth-order valence-electron chi connectivity index (χ4n) is 1.41. The first kappa shape index (κ1) is 10.2. The lowest BCUT2D eigenvalue weighted by atomic mass is 10.1. The van der Waals surface area contributed by atoms with Crippen molar-refractivity contribution >= 4 is 12.0 Å². The van der Waals surface area contributed by atoms with Crippen molar-refractivity contribution in [1.29, 1.82) is 0 Å². The van der Waals surface area contributed by atoms with Crippen LogP contribution in [0.5, 0.6) is 0 Å². The second-order valence-corrected chi connectivity index (χ2v) is 3.27. The molecule has 0 atom stereocenters. The highest BCUT2D eigenvalue weighted by molar-refractivity contribution is 5.85. The summed E-state index contributed by atoms with van der Waals surface area (Å²) in [6.45, 7) is 0. The summed E-state index contributed by atoms with van der Waals surface area (Å²) in [6, 6.07) is 11.2. The summed E-state index contributed by atoms with van der Waals surface area (Å²) in [5, 5.41) is 8.52. The highest BCUT2D eigenvalue weighted by atomic mass is 16.4. The van der Waals surface area contributed by atoms with E-state index in [9.17, 15) is 4.79 Å². The fraction of sp³-hybridized carbons (Fsp3) is 0. The molecule has 0 aliphatic rings. The molecular weight excluding hydrogens is 204 g/mol. The van der Waals surface area contributed by atoms with Gasteiger partial charge in [0.05, 0.1) is 6.26 Å². The molecular formula is C13H10O3. The van der Waals surface area contributed by atoms with Crippen molar-refractivity contribution in [2.75, 3.05) is 0 Å².